The molecule has 0 saturated carbocycles. The molecule has 0 bridgehead atoms. The zero-order valence-electron chi connectivity index (χ0n) is 16.5. The van der Waals surface area contributed by atoms with Crippen LogP contribution in [0.2, 0.25) is 0 Å². The largest absolute Gasteiger partial charge is 0.497 e. The van der Waals surface area contributed by atoms with Crippen LogP contribution in [0.1, 0.15) is 21.7 Å². The molecule has 9 heteroatoms. The summed E-state index contributed by atoms with van der Waals surface area (Å²) >= 11 is 0. The molecule has 9 nitrogen and oxygen atoms in total. The number of rotatable bonds is 7. The van der Waals surface area contributed by atoms with Crippen LogP contribution in [0.4, 0.5) is 0 Å². The summed E-state index contributed by atoms with van der Waals surface area (Å²) in [5, 5.41) is 18.5. The Morgan fingerprint density at radius 1 is 1.20 bits per heavy atom. The second-order valence-corrected chi connectivity index (χ2v) is 6.31. The fourth-order valence-corrected chi connectivity index (χ4v) is 2.72. The molecule has 2 N–H and O–H groups in total. The summed E-state index contributed by atoms with van der Waals surface area (Å²) in [5.74, 6) is 0.237. The van der Waals surface area contributed by atoms with Gasteiger partial charge in [0.2, 0.25) is 11.7 Å². The maximum Gasteiger partial charge on any atom is 0.288 e. The van der Waals surface area contributed by atoms with E-state index in [0.717, 1.165) is 5.56 Å². The van der Waals surface area contributed by atoms with Gasteiger partial charge in [0.25, 0.3) is 5.91 Å². The predicted octanol–water partition coefficient (Wildman–Crippen LogP) is 1.50. The smallest absolute Gasteiger partial charge is 0.288 e. The number of nitriles is 1. The van der Waals surface area contributed by atoms with Crippen molar-refractivity contribution in [3.8, 4) is 23.2 Å². The first kappa shape index (κ1) is 20.5. The number of hydrogen-bond acceptors (Lipinski definition) is 6. The van der Waals surface area contributed by atoms with E-state index in [-0.39, 0.29) is 18.3 Å². The maximum atomic E-state index is 12.4. The number of ether oxygens (including phenoxy) is 1. The standard InChI is InChI=1S/C21H20N6O3/c1-23-21(29)20-25-19(16-8-6-14(11-22)7-9-16)26-27(20)13-18(28)24-12-15-4-3-5-17(10-15)30-2/h3-10H,12-13H2,1-2H3,(H,23,29)(H,24,28). The summed E-state index contributed by atoms with van der Waals surface area (Å²) in [6.07, 6.45) is 0. The highest BCUT2D eigenvalue weighted by atomic mass is 16.5. The van der Waals surface area contributed by atoms with Gasteiger partial charge in [-0.05, 0) is 42.0 Å². The van der Waals surface area contributed by atoms with Crippen LogP contribution in [0.15, 0.2) is 48.5 Å². The molecule has 1 aromatic heterocycles. The molecule has 0 saturated heterocycles. The van der Waals surface area contributed by atoms with E-state index in [9.17, 15) is 9.59 Å². The summed E-state index contributed by atoms with van der Waals surface area (Å²) in [5.41, 5.74) is 2.02. The maximum absolute atomic E-state index is 12.4. The zero-order valence-corrected chi connectivity index (χ0v) is 16.5. The van der Waals surface area contributed by atoms with E-state index in [4.69, 9.17) is 10.00 Å². The Hall–Kier alpha value is -4.19. The lowest BCUT2D eigenvalue weighted by molar-refractivity contribution is -0.122. The quantitative estimate of drug-likeness (QED) is 0.615. The van der Waals surface area contributed by atoms with Crippen LogP contribution < -0.4 is 15.4 Å². The molecule has 0 aliphatic rings. The van der Waals surface area contributed by atoms with Crippen LogP contribution in [-0.2, 0) is 17.9 Å². The molecule has 0 unspecified atom stereocenters. The van der Waals surface area contributed by atoms with Crippen molar-refractivity contribution in [3.63, 3.8) is 0 Å². The molecule has 3 aromatic rings. The molecule has 152 valence electrons. The van der Waals surface area contributed by atoms with Crippen molar-refractivity contribution in [2.45, 2.75) is 13.1 Å². The minimum Gasteiger partial charge on any atom is -0.497 e. The molecule has 0 aliphatic heterocycles. The van der Waals surface area contributed by atoms with Gasteiger partial charge in [0.05, 0.1) is 18.7 Å². The van der Waals surface area contributed by atoms with E-state index in [1.165, 1.54) is 11.7 Å². The van der Waals surface area contributed by atoms with Crippen LogP contribution in [0.25, 0.3) is 11.4 Å². The number of aromatic nitrogens is 3. The summed E-state index contributed by atoms with van der Waals surface area (Å²) in [6.45, 7) is 0.137. The number of amides is 2. The van der Waals surface area contributed by atoms with Crippen molar-refractivity contribution < 1.29 is 14.3 Å². The Morgan fingerprint density at radius 3 is 2.63 bits per heavy atom. The van der Waals surface area contributed by atoms with Crippen molar-refractivity contribution in [3.05, 3.63) is 65.5 Å². The lowest BCUT2D eigenvalue weighted by atomic mass is 10.1. The van der Waals surface area contributed by atoms with Gasteiger partial charge in [-0.15, -0.1) is 5.10 Å². The lowest BCUT2D eigenvalue weighted by Gasteiger charge is -2.08. The van der Waals surface area contributed by atoms with E-state index < -0.39 is 5.91 Å². The molecule has 2 aromatic carbocycles. The lowest BCUT2D eigenvalue weighted by Crippen LogP contribution is -2.30. The van der Waals surface area contributed by atoms with Crippen LogP contribution >= 0.6 is 0 Å². The van der Waals surface area contributed by atoms with Gasteiger partial charge in [-0.3, -0.25) is 9.59 Å². The number of benzene rings is 2. The third-order valence-corrected chi connectivity index (χ3v) is 4.29. The fraction of sp³-hybridized carbons (Fsp3) is 0.190. The van der Waals surface area contributed by atoms with E-state index in [2.05, 4.69) is 20.7 Å². The molecule has 2 amide bonds. The average Bonchev–Trinajstić information content (AvgIpc) is 3.21. The molecule has 30 heavy (non-hydrogen) atoms. The molecule has 0 radical (unpaired) electrons. The Morgan fingerprint density at radius 2 is 1.97 bits per heavy atom. The number of carbonyl (C=O) groups excluding carboxylic acids is 2. The summed E-state index contributed by atoms with van der Waals surface area (Å²) in [7, 11) is 3.06. The second-order valence-electron chi connectivity index (χ2n) is 6.31. The van der Waals surface area contributed by atoms with Gasteiger partial charge in [-0.2, -0.15) is 5.26 Å². The van der Waals surface area contributed by atoms with Crippen LogP contribution in [-0.4, -0.2) is 40.7 Å². The average molecular weight is 404 g/mol. The predicted molar refractivity (Wildman–Crippen MR) is 108 cm³/mol. The van der Waals surface area contributed by atoms with Crippen molar-refractivity contribution in [1.29, 1.82) is 5.26 Å². The molecular formula is C21H20N6O3. The fourth-order valence-electron chi connectivity index (χ4n) is 2.72. The number of carbonyl (C=O) groups is 2. The van der Waals surface area contributed by atoms with Crippen LogP contribution in [0.5, 0.6) is 5.75 Å². The second kappa shape index (κ2) is 9.34. The Balaban J connectivity index is 1.76. The molecule has 1 heterocycles. The topological polar surface area (TPSA) is 122 Å². The van der Waals surface area contributed by atoms with Gasteiger partial charge in [0.15, 0.2) is 5.82 Å². The van der Waals surface area contributed by atoms with Crippen molar-refractivity contribution in [1.82, 2.24) is 25.4 Å². The normalized spacial score (nSPS) is 10.2. The van der Waals surface area contributed by atoms with E-state index in [1.54, 1.807) is 31.4 Å². The van der Waals surface area contributed by atoms with Gasteiger partial charge in [0.1, 0.15) is 12.3 Å². The van der Waals surface area contributed by atoms with E-state index in [0.29, 0.717) is 29.2 Å². The molecule has 0 aliphatic carbocycles. The molecule has 0 atom stereocenters. The minimum absolute atomic E-state index is 0.0217. The highest BCUT2D eigenvalue weighted by Gasteiger charge is 2.19. The van der Waals surface area contributed by atoms with Gasteiger partial charge in [-0.25, -0.2) is 9.67 Å². The summed E-state index contributed by atoms with van der Waals surface area (Å²) in [4.78, 5) is 28.9. The number of nitrogens with one attached hydrogen (secondary N) is 2. The number of nitrogens with zero attached hydrogens (tertiary/aromatic N) is 4. The number of hydrogen-bond donors (Lipinski definition) is 2. The summed E-state index contributed by atoms with van der Waals surface area (Å²) < 4.78 is 6.43. The zero-order chi connectivity index (χ0) is 21.5. The highest BCUT2D eigenvalue weighted by Crippen LogP contribution is 2.17. The Labute approximate surface area is 173 Å². The van der Waals surface area contributed by atoms with E-state index >= 15 is 0 Å². The highest BCUT2D eigenvalue weighted by molar-refractivity contribution is 5.91. The first-order valence-electron chi connectivity index (χ1n) is 9.11. The molecule has 3 rings (SSSR count). The van der Waals surface area contributed by atoms with Gasteiger partial charge >= 0.3 is 0 Å². The van der Waals surface area contributed by atoms with Crippen LogP contribution in [0.3, 0.4) is 0 Å². The first-order valence-corrected chi connectivity index (χ1v) is 9.11. The number of methoxy groups -OCH3 is 1. The third kappa shape index (κ3) is 4.80. The van der Waals surface area contributed by atoms with E-state index in [1.807, 2.05) is 30.3 Å². The minimum atomic E-state index is -0.456. The monoisotopic (exact) mass is 404 g/mol. The SMILES string of the molecule is CNC(=O)c1nc(-c2ccc(C#N)cc2)nn1CC(=O)NCc1cccc(OC)c1. The first-order chi connectivity index (χ1) is 14.5. The Kier molecular flexibility index (Phi) is 6.39. The molecule has 0 spiro atoms. The van der Waals surface area contributed by atoms with Crippen molar-refractivity contribution in [2.24, 2.45) is 0 Å². The van der Waals surface area contributed by atoms with Crippen LogP contribution in [0, 0.1) is 11.3 Å². The Bertz CT molecular complexity index is 1100. The van der Waals surface area contributed by atoms with Gasteiger partial charge < -0.3 is 15.4 Å². The van der Waals surface area contributed by atoms with Crippen molar-refractivity contribution in [2.75, 3.05) is 14.2 Å². The summed E-state index contributed by atoms with van der Waals surface area (Å²) in [6, 6.07) is 16.0. The molecule has 0 fully saturated rings. The molecular weight excluding hydrogens is 384 g/mol. The van der Waals surface area contributed by atoms with Gasteiger partial charge in [0, 0.05) is 19.2 Å². The third-order valence-electron chi connectivity index (χ3n) is 4.29. The van der Waals surface area contributed by atoms with Crippen molar-refractivity contribution >= 4 is 11.8 Å². The van der Waals surface area contributed by atoms with Gasteiger partial charge in [-0.1, -0.05) is 12.1 Å².